The van der Waals surface area contributed by atoms with Crippen LogP contribution in [0.15, 0.2) is 4.52 Å². The molecule has 2 heterocycles. The molecule has 1 aromatic rings. The highest BCUT2D eigenvalue weighted by Gasteiger charge is 2.18. The van der Waals surface area contributed by atoms with Crippen molar-refractivity contribution in [2.45, 2.75) is 39.3 Å². The van der Waals surface area contributed by atoms with Crippen LogP contribution in [0, 0.1) is 5.92 Å². The van der Waals surface area contributed by atoms with Crippen molar-refractivity contribution in [3.05, 3.63) is 11.7 Å². The number of hydrogen-bond donors (Lipinski definition) is 1. The van der Waals surface area contributed by atoms with E-state index in [9.17, 15) is 0 Å². The Bertz CT molecular complexity index is 390. The molecule has 1 fully saturated rings. The summed E-state index contributed by atoms with van der Waals surface area (Å²) in [6.07, 6.45) is 2.40. The van der Waals surface area contributed by atoms with Crippen LogP contribution >= 0.6 is 0 Å². The number of nitrogens with one attached hydrogen (secondary N) is 1. The predicted octanol–water partition coefficient (Wildman–Crippen LogP) is 1.60. The van der Waals surface area contributed by atoms with Crippen LogP contribution in [0.5, 0.6) is 0 Å². The number of piperidine rings is 1. The summed E-state index contributed by atoms with van der Waals surface area (Å²) in [6, 6.07) is 0. The molecule has 6 nitrogen and oxygen atoms in total. The van der Waals surface area contributed by atoms with E-state index in [2.05, 4.69) is 27.4 Å². The van der Waals surface area contributed by atoms with Crippen LogP contribution in [0.3, 0.4) is 0 Å². The van der Waals surface area contributed by atoms with E-state index in [1.54, 1.807) is 0 Å². The molecular weight excluding hydrogens is 256 g/mol. The lowest BCUT2D eigenvalue weighted by Crippen LogP contribution is -2.34. The van der Waals surface area contributed by atoms with Gasteiger partial charge in [0.1, 0.15) is 6.10 Å². The SMILES string of the molecule is CCOC(C)c1noc(CN(C)CC2CCNCC2)n1. The second-order valence-electron chi connectivity index (χ2n) is 5.53. The van der Waals surface area contributed by atoms with Crippen LogP contribution in [0.25, 0.3) is 0 Å². The lowest BCUT2D eigenvalue weighted by molar-refractivity contribution is 0.0683. The minimum Gasteiger partial charge on any atom is -0.371 e. The fourth-order valence-corrected chi connectivity index (χ4v) is 2.62. The van der Waals surface area contributed by atoms with E-state index in [1.807, 2.05) is 13.8 Å². The van der Waals surface area contributed by atoms with Crippen LogP contribution in [-0.4, -0.2) is 48.3 Å². The zero-order valence-corrected chi connectivity index (χ0v) is 12.8. The van der Waals surface area contributed by atoms with Gasteiger partial charge >= 0.3 is 0 Å². The molecule has 0 aliphatic carbocycles. The van der Waals surface area contributed by atoms with Crippen molar-refractivity contribution in [3.63, 3.8) is 0 Å². The van der Waals surface area contributed by atoms with Gasteiger partial charge in [0.05, 0.1) is 6.54 Å². The number of aromatic nitrogens is 2. The van der Waals surface area contributed by atoms with Crippen molar-refractivity contribution in [3.8, 4) is 0 Å². The highest BCUT2D eigenvalue weighted by Crippen LogP contribution is 2.16. The van der Waals surface area contributed by atoms with E-state index in [-0.39, 0.29) is 6.10 Å². The lowest BCUT2D eigenvalue weighted by Gasteiger charge is -2.26. The molecule has 20 heavy (non-hydrogen) atoms. The minimum atomic E-state index is -0.104. The van der Waals surface area contributed by atoms with Crippen LogP contribution in [0.1, 0.15) is 44.5 Å². The minimum absolute atomic E-state index is 0.104. The summed E-state index contributed by atoms with van der Waals surface area (Å²) in [4.78, 5) is 6.67. The molecule has 0 spiro atoms. The van der Waals surface area contributed by atoms with E-state index in [4.69, 9.17) is 9.26 Å². The van der Waals surface area contributed by atoms with E-state index in [0.717, 1.165) is 25.6 Å². The second-order valence-corrected chi connectivity index (χ2v) is 5.53. The Hall–Kier alpha value is -0.980. The number of rotatable bonds is 7. The Morgan fingerprint density at radius 2 is 2.20 bits per heavy atom. The molecule has 0 aromatic carbocycles. The summed E-state index contributed by atoms with van der Waals surface area (Å²) >= 11 is 0. The van der Waals surface area contributed by atoms with Crippen molar-refractivity contribution < 1.29 is 9.26 Å². The van der Waals surface area contributed by atoms with Gasteiger partial charge in [0.25, 0.3) is 0 Å². The van der Waals surface area contributed by atoms with E-state index >= 15 is 0 Å². The second kappa shape index (κ2) is 7.71. The van der Waals surface area contributed by atoms with E-state index in [1.165, 1.54) is 12.8 Å². The molecule has 1 aromatic heterocycles. The molecule has 6 heteroatoms. The third-order valence-electron chi connectivity index (χ3n) is 3.70. The maximum atomic E-state index is 5.46. The molecule has 0 bridgehead atoms. The van der Waals surface area contributed by atoms with Crippen molar-refractivity contribution in [1.29, 1.82) is 0 Å². The third kappa shape index (κ3) is 4.54. The van der Waals surface area contributed by atoms with Gasteiger partial charge in [-0.3, -0.25) is 4.90 Å². The first-order chi connectivity index (χ1) is 9.69. The fourth-order valence-electron chi connectivity index (χ4n) is 2.62. The normalized spacial score (nSPS) is 18.6. The van der Waals surface area contributed by atoms with Crippen molar-refractivity contribution in [1.82, 2.24) is 20.4 Å². The van der Waals surface area contributed by atoms with Gasteiger partial charge in [0, 0.05) is 13.2 Å². The zero-order chi connectivity index (χ0) is 14.4. The molecule has 1 saturated heterocycles. The average molecular weight is 282 g/mol. The van der Waals surface area contributed by atoms with Crippen LogP contribution in [0.4, 0.5) is 0 Å². The van der Waals surface area contributed by atoms with Crippen LogP contribution in [-0.2, 0) is 11.3 Å². The van der Waals surface area contributed by atoms with Crippen LogP contribution in [0.2, 0.25) is 0 Å². The molecule has 1 aliphatic heterocycles. The fraction of sp³-hybridized carbons (Fsp3) is 0.857. The number of ether oxygens (including phenoxy) is 1. The Morgan fingerprint density at radius 3 is 2.90 bits per heavy atom. The Labute approximate surface area is 120 Å². The van der Waals surface area contributed by atoms with E-state index in [0.29, 0.717) is 24.9 Å². The molecule has 1 aliphatic rings. The summed E-state index contributed by atoms with van der Waals surface area (Å²) in [5, 5.41) is 7.38. The topological polar surface area (TPSA) is 63.4 Å². The van der Waals surface area contributed by atoms with Crippen molar-refractivity contribution in [2.75, 3.05) is 33.3 Å². The smallest absolute Gasteiger partial charge is 0.240 e. The molecule has 1 atom stereocenters. The van der Waals surface area contributed by atoms with Gasteiger partial charge in [-0.1, -0.05) is 5.16 Å². The molecule has 0 saturated carbocycles. The molecule has 2 rings (SSSR count). The maximum Gasteiger partial charge on any atom is 0.240 e. The first-order valence-electron chi connectivity index (χ1n) is 7.52. The Morgan fingerprint density at radius 1 is 1.45 bits per heavy atom. The molecule has 1 unspecified atom stereocenters. The average Bonchev–Trinajstić information content (AvgIpc) is 2.88. The Kier molecular flexibility index (Phi) is 5.94. The number of hydrogen-bond acceptors (Lipinski definition) is 6. The van der Waals surface area contributed by atoms with Gasteiger partial charge in [-0.15, -0.1) is 0 Å². The van der Waals surface area contributed by atoms with Gasteiger partial charge in [-0.05, 0) is 52.7 Å². The Balaban J connectivity index is 1.80. The maximum absolute atomic E-state index is 5.46. The van der Waals surface area contributed by atoms with Crippen molar-refractivity contribution in [2.24, 2.45) is 5.92 Å². The monoisotopic (exact) mass is 282 g/mol. The summed E-state index contributed by atoms with van der Waals surface area (Å²) < 4.78 is 10.8. The first-order valence-corrected chi connectivity index (χ1v) is 7.52. The lowest BCUT2D eigenvalue weighted by atomic mass is 9.98. The molecule has 1 N–H and O–H groups in total. The zero-order valence-electron chi connectivity index (χ0n) is 12.8. The van der Waals surface area contributed by atoms with Crippen LogP contribution < -0.4 is 5.32 Å². The highest BCUT2D eigenvalue weighted by molar-refractivity contribution is 4.90. The van der Waals surface area contributed by atoms with Gasteiger partial charge in [-0.25, -0.2) is 0 Å². The first kappa shape index (κ1) is 15.4. The van der Waals surface area contributed by atoms with Gasteiger partial charge < -0.3 is 14.6 Å². The molecule has 114 valence electrons. The van der Waals surface area contributed by atoms with Crippen molar-refractivity contribution >= 4 is 0 Å². The van der Waals surface area contributed by atoms with Gasteiger partial charge in [0.15, 0.2) is 5.82 Å². The van der Waals surface area contributed by atoms with E-state index < -0.39 is 0 Å². The quantitative estimate of drug-likeness (QED) is 0.819. The summed E-state index contributed by atoms with van der Waals surface area (Å²) in [7, 11) is 2.11. The third-order valence-corrected chi connectivity index (χ3v) is 3.70. The van der Waals surface area contributed by atoms with Gasteiger partial charge in [-0.2, -0.15) is 4.98 Å². The number of nitrogens with zero attached hydrogens (tertiary/aromatic N) is 3. The predicted molar refractivity (Wildman–Crippen MR) is 76.3 cm³/mol. The highest BCUT2D eigenvalue weighted by atomic mass is 16.5. The molecule has 0 amide bonds. The van der Waals surface area contributed by atoms with Gasteiger partial charge in [0.2, 0.25) is 5.89 Å². The summed E-state index contributed by atoms with van der Waals surface area (Å²) in [5.41, 5.74) is 0. The molecule has 0 radical (unpaired) electrons. The largest absolute Gasteiger partial charge is 0.371 e. The standard InChI is InChI=1S/C14H26N4O2/c1-4-19-11(2)14-16-13(20-17-14)10-18(3)9-12-5-7-15-8-6-12/h11-12,15H,4-10H2,1-3H3. The summed E-state index contributed by atoms with van der Waals surface area (Å²) in [5.74, 6) is 2.08. The summed E-state index contributed by atoms with van der Waals surface area (Å²) in [6.45, 7) is 8.61. The molecular formula is C14H26N4O2.